The molecule has 0 radical (unpaired) electrons. The van der Waals surface area contributed by atoms with Crippen molar-refractivity contribution in [2.24, 2.45) is 0 Å². The Morgan fingerprint density at radius 2 is 2.06 bits per heavy atom. The standard InChI is InChI=1S/C12H10N4O/c1-6-4-5-14-12-9(6)10(17)7-2-3-8(13)15-11(7)16-12/h2-5H,1H3,(H3,13,14,15,16,17). The Morgan fingerprint density at radius 1 is 1.24 bits per heavy atom. The van der Waals surface area contributed by atoms with Crippen molar-refractivity contribution >= 4 is 27.9 Å². The first kappa shape index (κ1) is 9.77. The monoisotopic (exact) mass is 226 g/mol. The number of aryl methyl sites for hydroxylation is 1. The van der Waals surface area contributed by atoms with Crippen molar-refractivity contribution in [3.8, 4) is 0 Å². The number of nitrogens with two attached hydrogens (primary N) is 1. The Labute approximate surface area is 96.3 Å². The highest BCUT2D eigenvalue weighted by Crippen LogP contribution is 2.15. The molecule has 17 heavy (non-hydrogen) atoms. The van der Waals surface area contributed by atoms with E-state index in [0.29, 0.717) is 27.9 Å². The van der Waals surface area contributed by atoms with E-state index >= 15 is 0 Å². The SMILES string of the molecule is Cc1ccnc2[nH]c3nc(N)ccc3c(=O)c12. The summed E-state index contributed by atoms with van der Waals surface area (Å²) in [7, 11) is 0. The number of pyridine rings is 3. The molecule has 3 aromatic heterocycles. The van der Waals surface area contributed by atoms with Gasteiger partial charge in [0.15, 0.2) is 0 Å². The minimum absolute atomic E-state index is 0.0631. The topological polar surface area (TPSA) is 84.7 Å². The fourth-order valence-corrected chi connectivity index (χ4v) is 1.94. The number of aromatic nitrogens is 3. The summed E-state index contributed by atoms with van der Waals surface area (Å²) in [5, 5.41) is 1.13. The first-order valence-electron chi connectivity index (χ1n) is 5.20. The number of nitrogens with one attached hydrogen (secondary N) is 1. The van der Waals surface area contributed by atoms with Crippen molar-refractivity contribution in [3.05, 3.63) is 40.2 Å². The summed E-state index contributed by atoms with van der Waals surface area (Å²) >= 11 is 0. The third-order valence-electron chi connectivity index (χ3n) is 2.78. The molecule has 3 rings (SSSR count). The van der Waals surface area contributed by atoms with Gasteiger partial charge in [0.2, 0.25) is 5.43 Å². The zero-order valence-electron chi connectivity index (χ0n) is 9.19. The molecule has 0 fully saturated rings. The van der Waals surface area contributed by atoms with Crippen LogP contribution in [0.1, 0.15) is 5.56 Å². The molecule has 0 saturated carbocycles. The van der Waals surface area contributed by atoms with Gasteiger partial charge in [-0.2, -0.15) is 0 Å². The minimum Gasteiger partial charge on any atom is -0.384 e. The summed E-state index contributed by atoms with van der Waals surface area (Å²) < 4.78 is 0. The van der Waals surface area contributed by atoms with Crippen molar-refractivity contribution < 1.29 is 0 Å². The molecule has 3 heterocycles. The van der Waals surface area contributed by atoms with E-state index in [-0.39, 0.29) is 5.43 Å². The third kappa shape index (κ3) is 1.36. The molecule has 0 aliphatic carbocycles. The quantitative estimate of drug-likeness (QED) is 0.567. The summed E-state index contributed by atoms with van der Waals surface area (Å²) in [5.74, 6) is 0.375. The average molecular weight is 226 g/mol. The van der Waals surface area contributed by atoms with E-state index in [2.05, 4.69) is 15.0 Å². The van der Waals surface area contributed by atoms with Gasteiger partial charge in [-0.3, -0.25) is 4.79 Å². The zero-order valence-corrected chi connectivity index (χ0v) is 9.19. The molecule has 84 valence electrons. The van der Waals surface area contributed by atoms with Crippen LogP contribution >= 0.6 is 0 Å². The highest BCUT2D eigenvalue weighted by Gasteiger charge is 2.08. The van der Waals surface area contributed by atoms with E-state index in [4.69, 9.17) is 5.73 Å². The largest absolute Gasteiger partial charge is 0.384 e. The number of hydrogen-bond acceptors (Lipinski definition) is 4. The second-order valence-electron chi connectivity index (χ2n) is 3.94. The molecule has 0 unspecified atom stereocenters. The fraction of sp³-hybridized carbons (Fsp3) is 0.0833. The fourth-order valence-electron chi connectivity index (χ4n) is 1.94. The Balaban J connectivity index is 2.62. The molecular formula is C12H10N4O. The summed E-state index contributed by atoms with van der Waals surface area (Å²) in [6, 6.07) is 5.12. The average Bonchev–Trinajstić information content (AvgIpc) is 2.28. The molecule has 5 heteroatoms. The van der Waals surface area contributed by atoms with Crippen molar-refractivity contribution in [1.82, 2.24) is 15.0 Å². The number of H-pyrrole nitrogens is 1. The molecule has 0 spiro atoms. The van der Waals surface area contributed by atoms with Crippen LogP contribution in [0.5, 0.6) is 0 Å². The van der Waals surface area contributed by atoms with Crippen LogP contribution in [0.2, 0.25) is 0 Å². The van der Waals surface area contributed by atoms with Gasteiger partial charge in [0.05, 0.1) is 10.8 Å². The molecular weight excluding hydrogens is 216 g/mol. The summed E-state index contributed by atoms with van der Waals surface area (Å²) in [5.41, 5.74) is 7.44. The van der Waals surface area contributed by atoms with Gasteiger partial charge in [0, 0.05) is 6.20 Å². The van der Waals surface area contributed by atoms with Crippen LogP contribution < -0.4 is 11.2 Å². The number of hydrogen-bond donors (Lipinski definition) is 2. The van der Waals surface area contributed by atoms with Gasteiger partial charge in [0.25, 0.3) is 0 Å². The Kier molecular flexibility index (Phi) is 1.89. The number of nitrogens with zero attached hydrogens (tertiary/aromatic N) is 2. The van der Waals surface area contributed by atoms with Crippen LogP contribution in [-0.4, -0.2) is 15.0 Å². The molecule has 0 bridgehead atoms. The Morgan fingerprint density at radius 3 is 2.88 bits per heavy atom. The summed E-state index contributed by atoms with van der Waals surface area (Å²) in [6.45, 7) is 1.88. The van der Waals surface area contributed by atoms with Crippen LogP contribution in [0.15, 0.2) is 29.2 Å². The first-order valence-corrected chi connectivity index (χ1v) is 5.20. The maximum absolute atomic E-state index is 12.3. The lowest BCUT2D eigenvalue weighted by atomic mass is 10.1. The number of rotatable bonds is 0. The van der Waals surface area contributed by atoms with Gasteiger partial charge in [0.1, 0.15) is 17.1 Å². The minimum atomic E-state index is -0.0631. The van der Waals surface area contributed by atoms with E-state index < -0.39 is 0 Å². The molecule has 0 aliphatic rings. The van der Waals surface area contributed by atoms with E-state index in [0.717, 1.165) is 5.56 Å². The van der Waals surface area contributed by atoms with Crippen molar-refractivity contribution in [1.29, 1.82) is 0 Å². The number of aromatic amines is 1. The van der Waals surface area contributed by atoms with Crippen LogP contribution in [0, 0.1) is 6.92 Å². The maximum Gasteiger partial charge on any atom is 0.200 e. The number of anilines is 1. The van der Waals surface area contributed by atoms with E-state index in [1.165, 1.54) is 0 Å². The Bertz CT molecular complexity index is 791. The van der Waals surface area contributed by atoms with Gasteiger partial charge in [-0.05, 0) is 30.7 Å². The maximum atomic E-state index is 12.3. The molecule has 0 atom stereocenters. The van der Waals surface area contributed by atoms with Gasteiger partial charge < -0.3 is 10.7 Å². The predicted molar refractivity (Wildman–Crippen MR) is 66.8 cm³/mol. The van der Waals surface area contributed by atoms with Gasteiger partial charge >= 0.3 is 0 Å². The molecule has 5 nitrogen and oxygen atoms in total. The second kappa shape index (κ2) is 3.28. The highest BCUT2D eigenvalue weighted by atomic mass is 16.1. The molecule has 0 amide bonds. The highest BCUT2D eigenvalue weighted by molar-refractivity contribution is 5.90. The van der Waals surface area contributed by atoms with E-state index in [1.54, 1.807) is 18.3 Å². The van der Waals surface area contributed by atoms with Gasteiger partial charge in [-0.1, -0.05) is 0 Å². The first-order chi connectivity index (χ1) is 8.16. The number of fused-ring (bicyclic) bond motifs is 2. The van der Waals surface area contributed by atoms with Crippen LogP contribution in [0.3, 0.4) is 0 Å². The van der Waals surface area contributed by atoms with Crippen molar-refractivity contribution in [2.45, 2.75) is 6.92 Å². The molecule has 3 aromatic rings. The Hall–Kier alpha value is -2.43. The molecule has 0 aliphatic heterocycles. The lowest BCUT2D eigenvalue weighted by Crippen LogP contribution is -2.08. The zero-order chi connectivity index (χ0) is 12.0. The molecule has 3 N–H and O–H groups in total. The normalized spacial score (nSPS) is 11.1. The second-order valence-corrected chi connectivity index (χ2v) is 3.94. The predicted octanol–water partition coefficient (Wildman–Crippen LogP) is 1.36. The van der Waals surface area contributed by atoms with Crippen LogP contribution in [0.25, 0.3) is 22.1 Å². The number of nitrogen functional groups attached to an aromatic ring is 1. The lowest BCUT2D eigenvalue weighted by Gasteiger charge is -2.03. The lowest BCUT2D eigenvalue weighted by molar-refractivity contribution is 1.25. The van der Waals surface area contributed by atoms with Crippen molar-refractivity contribution in [2.75, 3.05) is 5.73 Å². The molecule has 0 saturated heterocycles. The van der Waals surface area contributed by atoms with E-state index in [9.17, 15) is 4.79 Å². The summed E-state index contributed by atoms with van der Waals surface area (Å²) in [6.07, 6.45) is 1.66. The summed E-state index contributed by atoms with van der Waals surface area (Å²) in [4.78, 5) is 23.6. The van der Waals surface area contributed by atoms with E-state index in [1.807, 2.05) is 13.0 Å². The third-order valence-corrected chi connectivity index (χ3v) is 2.78. The van der Waals surface area contributed by atoms with Crippen LogP contribution in [0.4, 0.5) is 5.82 Å². The van der Waals surface area contributed by atoms with Gasteiger partial charge in [-0.25, -0.2) is 9.97 Å². The van der Waals surface area contributed by atoms with Crippen molar-refractivity contribution in [3.63, 3.8) is 0 Å². The van der Waals surface area contributed by atoms with Gasteiger partial charge in [-0.15, -0.1) is 0 Å². The molecule has 0 aromatic carbocycles. The van der Waals surface area contributed by atoms with Crippen LogP contribution in [-0.2, 0) is 0 Å². The smallest absolute Gasteiger partial charge is 0.200 e.